The van der Waals surface area contributed by atoms with Crippen LogP contribution in [0.4, 0.5) is 0 Å². The van der Waals surface area contributed by atoms with Crippen molar-refractivity contribution in [2.75, 3.05) is 0 Å². The number of hydrogen-bond donors (Lipinski definition) is 0. The molecule has 8 aromatic heterocycles. The molecule has 0 atom stereocenters. The summed E-state index contributed by atoms with van der Waals surface area (Å²) in [6.45, 7) is 14.6. The highest BCUT2D eigenvalue weighted by Crippen LogP contribution is 2.42. The number of hydrogen-bond acceptors (Lipinski definition) is 20. The first-order chi connectivity index (χ1) is 72.3. The van der Waals surface area contributed by atoms with Gasteiger partial charge >= 0.3 is 23.9 Å². The molecule has 148 heavy (non-hydrogen) atoms. The highest BCUT2D eigenvalue weighted by atomic mass is 32.1. The number of aryl methyl sites for hydroxylation is 4. The van der Waals surface area contributed by atoms with Crippen LogP contribution in [0.1, 0.15) is 289 Å². The molecule has 0 spiro atoms. The van der Waals surface area contributed by atoms with Gasteiger partial charge in [-0.1, -0.05) is 184 Å². The summed E-state index contributed by atoms with van der Waals surface area (Å²) in [6, 6.07) is 74.7. The minimum atomic E-state index is -0.459. The molecule has 0 saturated heterocycles. The van der Waals surface area contributed by atoms with Crippen molar-refractivity contribution in [2.24, 2.45) is 44.3 Å². The fraction of sp³-hybridized carbons (Fsp3) is 0.290. The molecule has 0 bridgehead atoms. The molecule has 20 nitrogen and oxygen atoms in total. The average Bonchev–Trinajstić information content (AvgIpc) is 1.61. The Bertz CT molecular complexity index is 8050. The molecule has 8 heterocycles. The number of thiophene rings is 4. The quantitative estimate of drug-likeness (QED) is 0.0165. The minimum absolute atomic E-state index is 0.0306. The summed E-state index contributed by atoms with van der Waals surface area (Å²) in [5.74, 6) is 0.891. The largest absolute Gasteiger partial charge is 0.365 e. The molecule has 4 aliphatic rings. The van der Waals surface area contributed by atoms with Gasteiger partial charge in [0.15, 0.2) is 23.1 Å². The van der Waals surface area contributed by atoms with Gasteiger partial charge in [-0.15, -0.1) is 0 Å². The van der Waals surface area contributed by atoms with E-state index in [-0.39, 0.29) is 23.1 Å². The Morgan fingerprint density at radius 2 is 0.480 bits per heavy atom. The van der Waals surface area contributed by atoms with Crippen molar-refractivity contribution in [3.8, 4) is 0 Å². The number of benzene rings is 10. The van der Waals surface area contributed by atoms with Crippen molar-refractivity contribution in [2.45, 2.75) is 209 Å². The maximum atomic E-state index is 13.1. The molecule has 24 heteroatoms. The van der Waals surface area contributed by atoms with E-state index < -0.39 is 23.9 Å². The van der Waals surface area contributed by atoms with Gasteiger partial charge in [-0.25, -0.2) is 19.2 Å². The van der Waals surface area contributed by atoms with Gasteiger partial charge in [-0.2, -0.15) is 45.3 Å². The van der Waals surface area contributed by atoms with Crippen LogP contribution in [0.5, 0.6) is 0 Å². The Morgan fingerprint density at radius 3 is 0.723 bits per heavy atom. The molecule has 10 aromatic carbocycles. The van der Waals surface area contributed by atoms with Crippen LogP contribution in [0.15, 0.2) is 294 Å². The molecule has 18 aromatic rings. The second-order valence-corrected chi connectivity index (χ2v) is 42.2. The predicted octanol–water partition coefficient (Wildman–Crippen LogP) is 31.2. The lowest BCUT2D eigenvalue weighted by atomic mass is 9.95. The van der Waals surface area contributed by atoms with Crippen LogP contribution in [0, 0.1) is 23.7 Å². The van der Waals surface area contributed by atoms with Crippen LogP contribution in [-0.2, 0) is 55.1 Å². The third-order valence-corrected chi connectivity index (χ3v) is 32.5. The molecular formula is C124H120N8O12S4. The molecular weight excluding hydrogens is 1920 g/mol. The molecule has 4 saturated carbocycles. The summed E-state index contributed by atoms with van der Waals surface area (Å²) in [7, 11) is 0. The predicted molar refractivity (Wildman–Crippen MR) is 600 cm³/mol. The Labute approximate surface area is 876 Å². The van der Waals surface area contributed by atoms with E-state index in [1.807, 2.05) is 170 Å². The van der Waals surface area contributed by atoms with E-state index in [1.165, 1.54) is 149 Å². The van der Waals surface area contributed by atoms with Crippen LogP contribution in [-0.4, -0.2) is 88.1 Å². The lowest BCUT2D eigenvalue weighted by molar-refractivity contribution is -0.141. The highest BCUT2D eigenvalue weighted by Gasteiger charge is 2.29. The van der Waals surface area contributed by atoms with E-state index in [0.717, 1.165) is 221 Å². The van der Waals surface area contributed by atoms with Crippen LogP contribution in [0.3, 0.4) is 0 Å². The van der Waals surface area contributed by atoms with Gasteiger partial charge in [0.25, 0.3) is 0 Å². The van der Waals surface area contributed by atoms with E-state index in [9.17, 15) is 38.4 Å². The topological polar surface area (TPSA) is 243 Å². The Morgan fingerprint density at radius 1 is 0.257 bits per heavy atom. The standard InChI is InChI=1S/C34H32N2O3S.C33H30N2O3S.C29H30N2O3S.C28H28N2O3S/c1-2-36-31-16-13-25(20-28(31)29-21-26(14-17-32(29)36)33(37)27-18-19-40-22-27)30(15-12-23-8-6-7-9-23)35-39-34(38)24-10-4-3-5-11-24;1-2-35-30-14-12-24(19-27(30)28-20-25(13-15-31(28)35)32(36)26-16-17-39-21-26)29(18-22-8-6-7-9-22)34-38-33(37)23-10-4-3-5-11-23;1-3-31-27-12-9-21(26(30-34-19(2)32)11-8-20-6-4-5-7-20)16-24(27)25-17-22(10-13-28(25)31)29(33)23-14-15-35-18-23;1-3-30-26-10-8-20(25(29-33-18(2)31)14-19-6-4-5-7-19)15-23(26)24-16-21(9-11-27(24)30)28(32)22-12-13-34-17-22/h3-5,10-11,13-14,16-23H,2,6-9,12,15H2,1H3;3-5,10-17,19-22H,2,6-9,18H2,1H3;9-10,12-18,20H,3-8,11H2,1-2H3;8-13,15-17,19H,3-7,14H2,1-2H3/b35-30-;34-29-;30-26-;29-25-. The monoisotopic (exact) mass is 2040 g/mol. The Balaban J connectivity index is 0.000000124. The lowest BCUT2D eigenvalue weighted by Crippen LogP contribution is -2.10. The maximum absolute atomic E-state index is 13.1. The smallest absolute Gasteiger partial charge is 0.341 e. The Hall–Kier alpha value is -14.6. The number of nitrogens with zero attached hydrogens (tertiary/aromatic N) is 8. The lowest BCUT2D eigenvalue weighted by Gasteiger charge is -2.12. The number of oxime groups is 4. The summed E-state index contributed by atoms with van der Waals surface area (Å²) in [6.07, 6.45) is 25.0. The fourth-order valence-electron chi connectivity index (χ4n) is 22.1. The number of aromatic nitrogens is 4. The zero-order chi connectivity index (χ0) is 102. The van der Waals surface area contributed by atoms with Crippen LogP contribution in [0.2, 0.25) is 0 Å². The van der Waals surface area contributed by atoms with Gasteiger partial charge in [0.05, 0.1) is 34.0 Å². The summed E-state index contributed by atoms with van der Waals surface area (Å²) in [4.78, 5) is 122. The SMILES string of the molecule is CCn1c2ccc(C(=O)c3ccsc3)cc2c2cc(/C(CC3CCCC3)=N\OC(=O)c3ccccc3)ccc21.CCn1c2ccc(C(=O)c3ccsc3)cc2c2cc(/C(CC3CCCC3)=N\OC(C)=O)ccc21.CCn1c2ccc(C(=O)c3ccsc3)cc2c2cc(/C(CCC3CCCC3)=N\OC(=O)c3ccccc3)ccc21.CCn1c2ccc(C(=O)c3ccsc3)cc2c2cc(/C(CCC3CCCC3)=N\OC(C)=O)ccc21. The number of rotatable bonds is 32. The van der Waals surface area contributed by atoms with Crippen molar-refractivity contribution in [3.05, 3.63) is 351 Å². The van der Waals surface area contributed by atoms with Gasteiger partial charge in [0, 0.05) is 216 Å². The summed E-state index contributed by atoms with van der Waals surface area (Å²) < 4.78 is 9.09. The fourth-order valence-corrected chi connectivity index (χ4v) is 24.7. The van der Waals surface area contributed by atoms with Crippen molar-refractivity contribution in [1.29, 1.82) is 0 Å². The number of ketones is 4. The number of carbonyl (C=O) groups is 8. The van der Waals surface area contributed by atoms with Crippen LogP contribution in [0.25, 0.3) is 87.2 Å². The number of fused-ring (bicyclic) bond motifs is 12. The molecule has 4 aliphatic carbocycles. The summed E-state index contributed by atoms with van der Waals surface area (Å²) >= 11 is 6.11. The molecule has 0 N–H and O–H groups in total. The second-order valence-electron chi connectivity index (χ2n) is 39.1. The molecule has 0 radical (unpaired) electrons. The van der Waals surface area contributed by atoms with Crippen molar-refractivity contribution in [1.82, 2.24) is 18.3 Å². The molecule has 752 valence electrons. The van der Waals surface area contributed by atoms with Gasteiger partial charge in [-0.3, -0.25) is 19.2 Å². The van der Waals surface area contributed by atoms with Gasteiger partial charge in [-0.05, 0) is 281 Å². The summed E-state index contributed by atoms with van der Waals surface area (Å²) in [5.41, 5.74) is 22.4. The van der Waals surface area contributed by atoms with Crippen molar-refractivity contribution in [3.63, 3.8) is 0 Å². The minimum Gasteiger partial charge on any atom is -0.341 e. The molecule has 0 unspecified atom stereocenters. The number of carbonyl (C=O) groups excluding carboxylic acids is 8. The van der Waals surface area contributed by atoms with E-state index in [4.69, 9.17) is 19.4 Å². The first-order valence-corrected chi connectivity index (χ1v) is 55.8. The molecule has 22 rings (SSSR count). The van der Waals surface area contributed by atoms with Crippen LogP contribution >= 0.6 is 45.3 Å². The third-order valence-electron chi connectivity index (χ3n) is 29.7. The molecule has 4 fully saturated rings. The summed E-state index contributed by atoms with van der Waals surface area (Å²) in [5, 5.41) is 41.1. The highest BCUT2D eigenvalue weighted by molar-refractivity contribution is 7.09. The van der Waals surface area contributed by atoms with E-state index in [2.05, 4.69) is 145 Å². The van der Waals surface area contributed by atoms with E-state index >= 15 is 0 Å². The third kappa shape index (κ3) is 23.1. The van der Waals surface area contributed by atoms with E-state index in [0.29, 0.717) is 68.2 Å². The maximum Gasteiger partial charge on any atom is 0.365 e. The molecule has 0 aliphatic heterocycles. The van der Waals surface area contributed by atoms with Crippen LogP contribution < -0.4 is 0 Å². The van der Waals surface area contributed by atoms with Crippen molar-refractivity contribution >= 4 is 202 Å². The average molecular weight is 2040 g/mol. The normalized spacial score (nSPS) is 14.5. The Kier molecular flexibility index (Phi) is 32.8. The zero-order valence-corrected chi connectivity index (χ0v) is 87.6. The van der Waals surface area contributed by atoms with Gasteiger partial charge < -0.3 is 37.6 Å². The van der Waals surface area contributed by atoms with Gasteiger partial charge in [0.2, 0.25) is 0 Å². The molecule has 0 amide bonds. The second kappa shape index (κ2) is 47.5. The zero-order valence-electron chi connectivity index (χ0n) is 84.4. The van der Waals surface area contributed by atoms with Gasteiger partial charge in [0.1, 0.15) is 0 Å². The van der Waals surface area contributed by atoms with E-state index in [1.54, 1.807) is 24.3 Å². The van der Waals surface area contributed by atoms with Crippen molar-refractivity contribution < 1.29 is 57.7 Å². The first kappa shape index (κ1) is 102. The first-order valence-electron chi connectivity index (χ1n) is 52.0.